The van der Waals surface area contributed by atoms with Gasteiger partial charge in [0.25, 0.3) is 0 Å². The summed E-state index contributed by atoms with van der Waals surface area (Å²) in [5.41, 5.74) is 2.45. The van der Waals surface area contributed by atoms with Gasteiger partial charge in [-0.2, -0.15) is 5.10 Å². The normalized spacial score (nSPS) is 12.2. The molecular weight excluding hydrogens is 368 g/mol. The molecule has 0 spiro atoms. The van der Waals surface area contributed by atoms with Crippen LogP contribution >= 0.6 is 11.6 Å². The summed E-state index contributed by atoms with van der Waals surface area (Å²) in [4.78, 5) is 4.52. The number of rotatable bonds is 5. The average Bonchev–Trinajstić information content (AvgIpc) is 3.10. The minimum absolute atomic E-state index is 0.413. The molecule has 2 aromatic heterocycles. The highest BCUT2D eigenvalue weighted by atomic mass is 35.5. The molecule has 0 saturated carbocycles. The zero-order valence-electron chi connectivity index (χ0n) is 13.7. The summed E-state index contributed by atoms with van der Waals surface area (Å²) >= 11 is 6.04. The summed E-state index contributed by atoms with van der Waals surface area (Å²) in [7, 11) is -1.27. The van der Waals surface area contributed by atoms with Gasteiger partial charge in [-0.15, -0.1) is 0 Å². The number of hydrogen-bond acceptors (Lipinski definition) is 4. The molecule has 0 radical (unpaired) electrons. The Morgan fingerprint density at radius 1 is 1.04 bits per heavy atom. The summed E-state index contributed by atoms with van der Waals surface area (Å²) < 4.78 is 14.6. The van der Waals surface area contributed by atoms with E-state index in [1.807, 2.05) is 48.5 Å². The SMILES string of the molecule is O=S(Cc1ccccc1)c1cc(Nc2cccc(Cl)c2)nc2ccnn12. The van der Waals surface area contributed by atoms with E-state index in [0.717, 1.165) is 11.3 Å². The van der Waals surface area contributed by atoms with E-state index in [1.165, 1.54) is 0 Å². The zero-order valence-corrected chi connectivity index (χ0v) is 15.2. The molecule has 1 atom stereocenters. The fourth-order valence-electron chi connectivity index (χ4n) is 2.62. The number of halogens is 1. The Kier molecular flexibility index (Phi) is 4.69. The average molecular weight is 383 g/mol. The predicted octanol–water partition coefficient (Wildman–Crippen LogP) is 4.43. The number of benzene rings is 2. The van der Waals surface area contributed by atoms with E-state index in [-0.39, 0.29) is 0 Å². The van der Waals surface area contributed by atoms with Crippen LogP contribution in [0.1, 0.15) is 5.56 Å². The van der Waals surface area contributed by atoms with Crippen LogP contribution in [-0.4, -0.2) is 18.8 Å². The first-order valence-corrected chi connectivity index (χ1v) is 9.68. The van der Waals surface area contributed by atoms with Crippen molar-refractivity contribution in [3.05, 3.63) is 83.5 Å². The van der Waals surface area contributed by atoms with Crippen molar-refractivity contribution in [2.45, 2.75) is 10.8 Å². The highest BCUT2D eigenvalue weighted by molar-refractivity contribution is 7.84. The molecule has 1 unspecified atom stereocenters. The molecule has 1 N–H and O–H groups in total. The first kappa shape index (κ1) is 16.8. The molecule has 26 heavy (non-hydrogen) atoms. The topological polar surface area (TPSA) is 59.3 Å². The molecule has 4 rings (SSSR count). The largest absolute Gasteiger partial charge is 0.340 e. The molecule has 0 bridgehead atoms. The van der Waals surface area contributed by atoms with Crippen LogP contribution in [0.4, 0.5) is 11.5 Å². The predicted molar refractivity (Wildman–Crippen MR) is 104 cm³/mol. The Hall–Kier alpha value is -2.70. The molecule has 0 aliphatic heterocycles. The van der Waals surface area contributed by atoms with Crippen LogP contribution in [0.5, 0.6) is 0 Å². The molecular formula is C19H15ClN4OS. The second kappa shape index (κ2) is 7.27. The maximum Gasteiger partial charge on any atom is 0.158 e. The van der Waals surface area contributed by atoms with Crippen LogP contribution < -0.4 is 5.32 Å². The monoisotopic (exact) mass is 382 g/mol. The summed E-state index contributed by atoms with van der Waals surface area (Å²) in [6.07, 6.45) is 1.65. The van der Waals surface area contributed by atoms with E-state index < -0.39 is 10.8 Å². The summed E-state index contributed by atoms with van der Waals surface area (Å²) in [5.74, 6) is 1.01. The van der Waals surface area contributed by atoms with Crippen LogP contribution in [0.25, 0.3) is 5.65 Å². The molecule has 0 saturated heterocycles. The van der Waals surface area contributed by atoms with Crippen LogP contribution in [-0.2, 0) is 16.6 Å². The standard InChI is InChI=1S/C19H15ClN4OS/c20-15-7-4-8-16(11-15)22-17-12-19(24-18(23-17)9-10-21-24)26(25)13-14-5-2-1-3-6-14/h1-12H,13H2,(H,22,23). The van der Waals surface area contributed by atoms with E-state index in [4.69, 9.17) is 11.6 Å². The Labute approximate surface area is 158 Å². The van der Waals surface area contributed by atoms with Gasteiger partial charge in [-0.25, -0.2) is 9.50 Å². The highest BCUT2D eigenvalue weighted by Crippen LogP contribution is 2.22. The van der Waals surface area contributed by atoms with E-state index in [2.05, 4.69) is 15.4 Å². The van der Waals surface area contributed by atoms with Crippen molar-refractivity contribution in [2.24, 2.45) is 0 Å². The molecule has 2 heterocycles. The van der Waals surface area contributed by atoms with Crippen LogP contribution in [0, 0.1) is 0 Å². The Morgan fingerprint density at radius 3 is 2.69 bits per heavy atom. The third-order valence-corrected chi connectivity index (χ3v) is 5.39. The van der Waals surface area contributed by atoms with Gasteiger partial charge in [-0.3, -0.25) is 4.21 Å². The highest BCUT2D eigenvalue weighted by Gasteiger charge is 2.13. The van der Waals surface area contributed by atoms with Gasteiger partial charge in [-0.1, -0.05) is 48.0 Å². The van der Waals surface area contributed by atoms with Gasteiger partial charge in [-0.05, 0) is 23.8 Å². The van der Waals surface area contributed by atoms with Gasteiger partial charge in [0, 0.05) is 22.8 Å². The molecule has 0 aliphatic rings. The molecule has 2 aromatic carbocycles. The minimum atomic E-state index is -1.27. The van der Waals surface area contributed by atoms with Gasteiger partial charge in [0.2, 0.25) is 0 Å². The lowest BCUT2D eigenvalue weighted by Gasteiger charge is -2.10. The van der Waals surface area contributed by atoms with Crippen molar-refractivity contribution in [2.75, 3.05) is 5.32 Å². The smallest absolute Gasteiger partial charge is 0.158 e. The Balaban J connectivity index is 1.69. The van der Waals surface area contributed by atoms with Crippen LogP contribution in [0.15, 0.2) is 78.0 Å². The fourth-order valence-corrected chi connectivity index (χ4v) is 4.03. The van der Waals surface area contributed by atoms with E-state index in [9.17, 15) is 4.21 Å². The zero-order chi connectivity index (χ0) is 17.9. The van der Waals surface area contributed by atoms with Crippen molar-refractivity contribution in [3.63, 3.8) is 0 Å². The molecule has 130 valence electrons. The van der Waals surface area contributed by atoms with Crippen molar-refractivity contribution < 1.29 is 4.21 Å². The number of nitrogens with one attached hydrogen (secondary N) is 1. The van der Waals surface area contributed by atoms with Gasteiger partial charge in [0.05, 0.1) is 22.7 Å². The Bertz CT molecular complexity index is 1080. The van der Waals surface area contributed by atoms with E-state index in [0.29, 0.717) is 27.3 Å². The van der Waals surface area contributed by atoms with Crippen molar-refractivity contribution in [3.8, 4) is 0 Å². The van der Waals surface area contributed by atoms with Gasteiger partial charge < -0.3 is 5.32 Å². The molecule has 4 aromatic rings. The van der Waals surface area contributed by atoms with E-state index in [1.54, 1.807) is 28.9 Å². The van der Waals surface area contributed by atoms with Crippen LogP contribution in [0.2, 0.25) is 5.02 Å². The van der Waals surface area contributed by atoms with Gasteiger partial charge in [0.1, 0.15) is 10.8 Å². The first-order valence-electron chi connectivity index (χ1n) is 7.99. The first-order chi connectivity index (χ1) is 12.7. The lowest BCUT2D eigenvalue weighted by molar-refractivity contribution is 0.673. The summed E-state index contributed by atoms with van der Waals surface area (Å²) in [5, 5.41) is 8.69. The second-order valence-corrected chi connectivity index (χ2v) is 7.53. The third-order valence-electron chi connectivity index (χ3n) is 3.80. The quantitative estimate of drug-likeness (QED) is 0.518. The van der Waals surface area contributed by atoms with Crippen LogP contribution in [0.3, 0.4) is 0 Å². The molecule has 0 fully saturated rings. The molecule has 5 nitrogen and oxygen atoms in total. The third kappa shape index (κ3) is 3.61. The summed E-state index contributed by atoms with van der Waals surface area (Å²) in [6.45, 7) is 0. The molecule has 0 aliphatic carbocycles. The van der Waals surface area contributed by atoms with Crippen molar-refractivity contribution in [1.29, 1.82) is 0 Å². The lowest BCUT2D eigenvalue weighted by Crippen LogP contribution is -2.07. The summed E-state index contributed by atoms with van der Waals surface area (Å²) in [6, 6.07) is 20.7. The number of fused-ring (bicyclic) bond motifs is 1. The van der Waals surface area contributed by atoms with Gasteiger partial charge >= 0.3 is 0 Å². The molecule has 0 amide bonds. The lowest BCUT2D eigenvalue weighted by atomic mass is 10.2. The number of aromatic nitrogens is 3. The van der Waals surface area contributed by atoms with Crippen molar-refractivity contribution in [1.82, 2.24) is 14.6 Å². The number of anilines is 2. The molecule has 7 heteroatoms. The maximum atomic E-state index is 13.0. The minimum Gasteiger partial charge on any atom is -0.340 e. The number of nitrogens with zero attached hydrogens (tertiary/aromatic N) is 3. The fraction of sp³-hybridized carbons (Fsp3) is 0.0526. The van der Waals surface area contributed by atoms with E-state index >= 15 is 0 Å². The maximum absolute atomic E-state index is 13.0. The number of hydrogen-bond donors (Lipinski definition) is 1. The van der Waals surface area contributed by atoms with Gasteiger partial charge in [0.15, 0.2) is 5.65 Å². The Morgan fingerprint density at radius 2 is 1.88 bits per heavy atom. The van der Waals surface area contributed by atoms with Crippen molar-refractivity contribution >= 4 is 39.6 Å². The second-order valence-electron chi connectivity index (χ2n) is 5.69.